The Morgan fingerprint density at radius 2 is 1.96 bits per heavy atom. The molecule has 1 aliphatic heterocycles. The Labute approximate surface area is 142 Å². The number of carbonyl (C=O) groups excluding carboxylic acids is 2. The van der Waals surface area contributed by atoms with Gasteiger partial charge in [0.2, 0.25) is 5.91 Å². The Hall–Kier alpha value is -2.56. The third-order valence-electron chi connectivity index (χ3n) is 4.36. The van der Waals surface area contributed by atoms with Gasteiger partial charge in [-0.1, -0.05) is 30.3 Å². The maximum absolute atomic E-state index is 12.9. The van der Waals surface area contributed by atoms with E-state index in [2.05, 4.69) is 17.4 Å². The second-order valence-corrected chi connectivity index (χ2v) is 6.30. The molecule has 2 heterocycles. The standard InChI is InChI=1S/C19H23N3O2/c1-15(23)20-17-9-5-12-22(14-17)19(24)18-10-6-11-21(18)13-16-7-3-2-4-8-16/h2-4,6-8,10-11,17H,5,9,12-14H2,1H3,(H,20,23). The molecule has 3 rings (SSSR count). The molecule has 0 bridgehead atoms. The van der Waals surface area contributed by atoms with Crippen LogP contribution in [0.1, 0.15) is 35.8 Å². The summed E-state index contributed by atoms with van der Waals surface area (Å²) in [5.41, 5.74) is 1.86. The van der Waals surface area contributed by atoms with Crippen molar-refractivity contribution < 1.29 is 9.59 Å². The minimum atomic E-state index is -0.0400. The Morgan fingerprint density at radius 3 is 2.71 bits per heavy atom. The summed E-state index contributed by atoms with van der Waals surface area (Å²) >= 11 is 0. The van der Waals surface area contributed by atoms with Crippen LogP contribution < -0.4 is 5.32 Å². The van der Waals surface area contributed by atoms with Crippen LogP contribution in [0, 0.1) is 0 Å². The number of nitrogens with zero attached hydrogens (tertiary/aromatic N) is 2. The largest absolute Gasteiger partial charge is 0.352 e. The summed E-state index contributed by atoms with van der Waals surface area (Å²) in [6.45, 7) is 3.52. The normalized spacial score (nSPS) is 17.5. The van der Waals surface area contributed by atoms with Gasteiger partial charge in [-0.05, 0) is 30.5 Å². The highest BCUT2D eigenvalue weighted by Gasteiger charge is 2.26. The molecule has 1 aromatic carbocycles. The van der Waals surface area contributed by atoms with E-state index < -0.39 is 0 Å². The average molecular weight is 325 g/mol. The van der Waals surface area contributed by atoms with E-state index in [4.69, 9.17) is 0 Å². The first-order valence-corrected chi connectivity index (χ1v) is 8.39. The van der Waals surface area contributed by atoms with Gasteiger partial charge in [-0.3, -0.25) is 9.59 Å². The van der Waals surface area contributed by atoms with Crippen molar-refractivity contribution >= 4 is 11.8 Å². The molecule has 1 saturated heterocycles. The quantitative estimate of drug-likeness (QED) is 0.937. The topological polar surface area (TPSA) is 54.3 Å². The highest BCUT2D eigenvalue weighted by molar-refractivity contribution is 5.93. The molecule has 2 amide bonds. The molecular weight excluding hydrogens is 302 g/mol. The molecule has 0 saturated carbocycles. The summed E-state index contributed by atoms with van der Waals surface area (Å²) in [5, 5.41) is 2.93. The molecule has 2 aromatic rings. The Bertz CT molecular complexity index is 708. The first-order chi connectivity index (χ1) is 11.6. The lowest BCUT2D eigenvalue weighted by atomic mass is 10.1. The van der Waals surface area contributed by atoms with Crippen LogP contribution in [0.3, 0.4) is 0 Å². The van der Waals surface area contributed by atoms with Crippen molar-refractivity contribution in [2.24, 2.45) is 0 Å². The molecule has 5 heteroatoms. The first kappa shape index (κ1) is 16.3. The Morgan fingerprint density at radius 1 is 1.17 bits per heavy atom. The summed E-state index contributed by atoms with van der Waals surface area (Å²) in [6, 6.07) is 13.9. The lowest BCUT2D eigenvalue weighted by molar-refractivity contribution is -0.120. The number of nitrogens with one attached hydrogen (secondary N) is 1. The zero-order chi connectivity index (χ0) is 16.9. The number of amides is 2. The number of piperidine rings is 1. The summed E-state index contributed by atoms with van der Waals surface area (Å²) < 4.78 is 1.99. The summed E-state index contributed by atoms with van der Waals surface area (Å²) in [7, 11) is 0. The van der Waals surface area contributed by atoms with Crippen LogP contribution in [0.15, 0.2) is 48.7 Å². The van der Waals surface area contributed by atoms with Crippen LogP contribution in [0.5, 0.6) is 0 Å². The van der Waals surface area contributed by atoms with E-state index in [9.17, 15) is 9.59 Å². The summed E-state index contributed by atoms with van der Waals surface area (Å²) in [5.74, 6) is -0.00673. The molecule has 0 radical (unpaired) electrons. The van der Waals surface area contributed by atoms with Crippen LogP contribution in [0.2, 0.25) is 0 Å². The number of benzene rings is 1. The fourth-order valence-corrected chi connectivity index (χ4v) is 3.26. The van der Waals surface area contributed by atoms with Crippen molar-refractivity contribution in [3.05, 3.63) is 59.9 Å². The van der Waals surface area contributed by atoms with Crippen LogP contribution in [-0.2, 0) is 11.3 Å². The summed E-state index contributed by atoms with van der Waals surface area (Å²) in [6.07, 6.45) is 3.78. The predicted octanol–water partition coefficient (Wildman–Crippen LogP) is 2.28. The fourth-order valence-electron chi connectivity index (χ4n) is 3.26. The number of rotatable bonds is 4. The average Bonchev–Trinajstić information content (AvgIpc) is 3.03. The van der Waals surface area contributed by atoms with E-state index in [0.717, 1.165) is 24.9 Å². The van der Waals surface area contributed by atoms with E-state index in [1.807, 2.05) is 46.0 Å². The van der Waals surface area contributed by atoms with Crippen LogP contribution in [0.25, 0.3) is 0 Å². The summed E-state index contributed by atoms with van der Waals surface area (Å²) in [4.78, 5) is 26.0. The van der Waals surface area contributed by atoms with E-state index in [1.54, 1.807) is 0 Å². The zero-order valence-electron chi connectivity index (χ0n) is 13.9. The number of hydrogen-bond donors (Lipinski definition) is 1. The first-order valence-electron chi connectivity index (χ1n) is 8.39. The second-order valence-electron chi connectivity index (χ2n) is 6.30. The number of hydrogen-bond acceptors (Lipinski definition) is 2. The van der Waals surface area contributed by atoms with Gasteiger partial charge in [-0.15, -0.1) is 0 Å². The maximum atomic E-state index is 12.9. The predicted molar refractivity (Wildman–Crippen MR) is 92.7 cm³/mol. The van der Waals surface area contributed by atoms with Gasteiger partial charge in [-0.25, -0.2) is 0 Å². The number of likely N-dealkylation sites (tertiary alicyclic amines) is 1. The molecule has 24 heavy (non-hydrogen) atoms. The van der Waals surface area contributed by atoms with E-state index in [1.165, 1.54) is 6.92 Å². The molecule has 1 unspecified atom stereocenters. The van der Waals surface area contributed by atoms with Gasteiger partial charge >= 0.3 is 0 Å². The van der Waals surface area contributed by atoms with Crippen molar-refractivity contribution in [2.75, 3.05) is 13.1 Å². The van der Waals surface area contributed by atoms with E-state index in [-0.39, 0.29) is 17.9 Å². The lowest BCUT2D eigenvalue weighted by Gasteiger charge is -2.33. The van der Waals surface area contributed by atoms with Gasteiger partial charge in [-0.2, -0.15) is 0 Å². The van der Waals surface area contributed by atoms with Crippen molar-refractivity contribution in [3.8, 4) is 0 Å². The molecule has 0 aliphatic carbocycles. The third kappa shape index (κ3) is 3.85. The van der Waals surface area contributed by atoms with Gasteiger partial charge in [0.1, 0.15) is 5.69 Å². The van der Waals surface area contributed by atoms with Gasteiger partial charge < -0.3 is 14.8 Å². The fraction of sp³-hybridized carbons (Fsp3) is 0.368. The highest BCUT2D eigenvalue weighted by atomic mass is 16.2. The molecule has 1 N–H and O–H groups in total. The molecule has 1 aliphatic rings. The SMILES string of the molecule is CC(=O)NC1CCCN(C(=O)c2cccn2Cc2ccccc2)C1. The molecule has 1 atom stereocenters. The smallest absolute Gasteiger partial charge is 0.270 e. The zero-order valence-corrected chi connectivity index (χ0v) is 13.9. The molecule has 0 spiro atoms. The Kier molecular flexibility index (Phi) is 4.99. The van der Waals surface area contributed by atoms with Gasteiger partial charge in [0.25, 0.3) is 5.91 Å². The van der Waals surface area contributed by atoms with Gasteiger partial charge in [0, 0.05) is 38.8 Å². The third-order valence-corrected chi connectivity index (χ3v) is 4.36. The van der Waals surface area contributed by atoms with Crippen LogP contribution in [0.4, 0.5) is 0 Å². The lowest BCUT2D eigenvalue weighted by Crippen LogP contribution is -2.49. The van der Waals surface area contributed by atoms with Crippen molar-refractivity contribution in [3.63, 3.8) is 0 Å². The van der Waals surface area contributed by atoms with Crippen molar-refractivity contribution in [1.82, 2.24) is 14.8 Å². The number of aromatic nitrogens is 1. The van der Waals surface area contributed by atoms with Crippen molar-refractivity contribution in [2.45, 2.75) is 32.4 Å². The maximum Gasteiger partial charge on any atom is 0.270 e. The molecule has 126 valence electrons. The molecular formula is C19H23N3O2. The monoisotopic (exact) mass is 325 g/mol. The van der Waals surface area contributed by atoms with Crippen molar-refractivity contribution in [1.29, 1.82) is 0 Å². The number of carbonyl (C=O) groups is 2. The molecule has 1 aromatic heterocycles. The highest BCUT2D eigenvalue weighted by Crippen LogP contribution is 2.16. The van der Waals surface area contributed by atoms with Crippen LogP contribution >= 0.6 is 0 Å². The molecule has 5 nitrogen and oxygen atoms in total. The van der Waals surface area contributed by atoms with E-state index in [0.29, 0.717) is 18.8 Å². The van der Waals surface area contributed by atoms with Gasteiger partial charge in [0.15, 0.2) is 0 Å². The minimum absolute atomic E-state index is 0.0333. The van der Waals surface area contributed by atoms with E-state index >= 15 is 0 Å². The van der Waals surface area contributed by atoms with Gasteiger partial charge in [0.05, 0.1) is 0 Å². The minimum Gasteiger partial charge on any atom is -0.352 e. The Balaban J connectivity index is 1.71. The van der Waals surface area contributed by atoms with Crippen LogP contribution in [-0.4, -0.2) is 40.4 Å². The second kappa shape index (κ2) is 7.34. The molecule has 1 fully saturated rings.